The molecule has 1 aliphatic heterocycles. The minimum Gasteiger partial charge on any atom is -0.507 e. The summed E-state index contributed by atoms with van der Waals surface area (Å²) < 4.78 is 50.4. The number of halogens is 3. The second-order valence-corrected chi connectivity index (χ2v) is 7.72. The molecule has 180 valence electrons. The second-order valence-electron chi connectivity index (χ2n) is 7.72. The molecule has 1 aliphatic rings. The Hall–Kier alpha value is -4.27. The van der Waals surface area contributed by atoms with Crippen molar-refractivity contribution in [3.63, 3.8) is 0 Å². The van der Waals surface area contributed by atoms with Gasteiger partial charge >= 0.3 is 6.18 Å². The van der Waals surface area contributed by atoms with Crippen molar-refractivity contribution < 1.29 is 37.3 Å². The number of hydrogen-bond donors (Lipinski definition) is 1. The molecule has 1 N–H and O–H groups in total. The zero-order valence-electron chi connectivity index (χ0n) is 18.7. The molecule has 6 nitrogen and oxygen atoms in total. The molecule has 0 aromatic heterocycles. The third-order valence-corrected chi connectivity index (χ3v) is 5.69. The zero-order chi connectivity index (χ0) is 25.3. The van der Waals surface area contributed by atoms with Gasteiger partial charge in [0.15, 0.2) is 0 Å². The first-order valence-corrected chi connectivity index (χ1v) is 10.4. The van der Waals surface area contributed by atoms with Gasteiger partial charge in [-0.15, -0.1) is 0 Å². The fourth-order valence-corrected chi connectivity index (χ4v) is 3.94. The molecule has 1 saturated heterocycles. The average Bonchev–Trinajstić information content (AvgIpc) is 3.13. The predicted molar refractivity (Wildman–Crippen MR) is 122 cm³/mol. The van der Waals surface area contributed by atoms with E-state index in [-0.39, 0.29) is 16.8 Å². The van der Waals surface area contributed by atoms with Crippen LogP contribution in [0.3, 0.4) is 0 Å². The van der Waals surface area contributed by atoms with Crippen LogP contribution in [0, 0.1) is 0 Å². The van der Waals surface area contributed by atoms with Crippen molar-refractivity contribution in [3.8, 4) is 11.5 Å². The summed E-state index contributed by atoms with van der Waals surface area (Å²) in [5, 5.41) is 11.1. The Kier molecular flexibility index (Phi) is 6.26. The summed E-state index contributed by atoms with van der Waals surface area (Å²) in [6.07, 6.45) is -4.65. The first-order valence-electron chi connectivity index (χ1n) is 10.4. The van der Waals surface area contributed by atoms with Gasteiger partial charge in [0.25, 0.3) is 11.7 Å². The molecule has 0 bridgehead atoms. The Bertz CT molecular complexity index is 1300. The summed E-state index contributed by atoms with van der Waals surface area (Å²) in [6.45, 7) is 0. The second kappa shape index (κ2) is 9.17. The van der Waals surface area contributed by atoms with Gasteiger partial charge in [0.05, 0.1) is 31.4 Å². The van der Waals surface area contributed by atoms with Crippen molar-refractivity contribution >= 4 is 23.1 Å². The third kappa shape index (κ3) is 4.44. The smallest absolute Gasteiger partial charge is 0.416 e. The molecule has 1 fully saturated rings. The lowest BCUT2D eigenvalue weighted by Gasteiger charge is -2.26. The standard InChI is InChI=1S/C26H20F3NO5/c1-34-19-10-6-15(7-11-19)22-21(23(31)16-8-12-20(35-2)13-9-16)24(32)25(33)30(22)18-5-3-4-17(14-18)26(27,28)29/h3-14,22,31H,1-2H3/b23-21+. The number of anilines is 1. The lowest BCUT2D eigenvalue weighted by Crippen LogP contribution is -2.29. The summed E-state index contributed by atoms with van der Waals surface area (Å²) in [4.78, 5) is 27.2. The number of Topliss-reactive ketones (excluding diaryl/α,β-unsaturated/α-hetero) is 1. The summed E-state index contributed by atoms with van der Waals surface area (Å²) >= 11 is 0. The van der Waals surface area contributed by atoms with E-state index in [4.69, 9.17) is 9.47 Å². The Morgan fingerprint density at radius 3 is 2.00 bits per heavy atom. The maximum atomic E-state index is 13.4. The van der Waals surface area contributed by atoms with Gasteiger partial charge in [0.1, 0.15) is 17.3 Å². The number of ketones is 1. The van der Waals surface area contributed by atoms with Crippen molar-refractivity contribution in [1.29, 1.82) is 0 Å². The molecule has 4 rings (SSSR count). The number of benzene rings is 3. The van der Waals surface area contributed by atoms with Gasteiger partial charge in [-0.25, -0.2) is 0 Å². The fraction of sp³-hybridized carbons (Fsp3) is 0.154. The SMILES string of the molecule is COc1ccc(/C(O)=C2\C(=O)C(=O)N(c3cccc(C(F)(F)F)c3)C2c2ccc(OC)cc2)cc1. The van der Waals surface area contributed by atoms with E-state index in [0.29, 0.717) is 17.1 Å². The van der Waals surface area contributed by atoms with Gasteiger partial charge in [0, 0.05) is 11.3 Å². The number of carbonyl (C=O) groups excluding carboxylic acids is 2. The van der Waals surface area contributed by atoms with Crippen LogP contribution in [0.4, 0.5) is 18.9 Å². The van der Waals surface area contributed by atoms with Crippen LogP contribution in [-0.2, 0) is 15.8 Å². The van der Waals surface area contributed by atoms with Crippen LogP contribution in [0.25, 0.3) is 5.76 Å². The van der Waals surface area contributed by atoms with E-state index in [9.17, 15) is 27.9 Å². The molecule has 35 heavy (non-hydrogen) atoms. The number of aliphatic hydroxyl groups excluding tert-OH is 1. The Balaban J connectivity index is 1.92. The monoisotopic (exact) mass is 483 g/mol. The molecular weight excluding hydrogens is 463 g/mol. The molecule has 0 radical (unpaired) electrons. The van der Waals surface area contributed by atoms with Gasteiger partial charge < -0.3 is 14.6 Å². The first kappa shape index (κ1) is 23.9. The highest BCUT2D eigenvalue weighted by Crippen LogP contribution is 2.43. The molecule has 9 heteroatoms. The number of carbonyl (C=O) groups is 2. The van der Waals surface area contributed by atoms with Gasteiger partial charge in [-0.2, -0.15) is 13.2 Å². The van der Waals surface area contributed by atoms with E-state index in [0.717, 1.165) is 23.1 Å². The van der Waals surface area contributed by atoms with Crippen molar-refractivity contribution in [1.82, 2.24) is 0 Å². The molecule has 0 saturated carbocycles. The van der Waals surface area contributed by atoms with E-state index < -0.39 is 35.2 Å². The van der Waals surface area contributed by atoms with Crippen LogP contribution in [0.2, 0.25) is 0 Å². The molecule has 0 spiro atoms. The van der Waals surface area contributed by atoms with Gasteiger partial charge in [-0.1, -0.05) is 18.2 Å². The van der Waals surface area contributed by atoms with E-state index in [2.05, 4.69) is 0 Å². The van der Waals surface area contributed by atoms with Crippen LogP contribution in [0.1, 0.15) is 22.7 Å². The average molecular weight is 483 g/mol. The molecule has 1 amide bonds. The molecular formula is C26H20F3NO5. The van der Waals surface area contributed by atoms with E-state index in [1.807, 2.05) is 0 Å². The van der Waals surface area contributed by atoms with Crippen LogP contribution >= 0.6 is 0 Å². The Labute approximate surface area is 198 Å². The molecule has 3 aromatic carbocycles. The lowest BCUT2D eigenvalue weighted by atomic mass is 9.95. The van der Waals surface area contributed by atoms with Crippen molar-refractivity contribution in [2.75, 3.05) is 19.1 Å². The lowest BCUT2D eigenvalue weighted by molar-refractivity contribution is -0.137. The topological polar surface area (TPSA) is 76.1 Å². The van der Waals surface area contributed by atoms with Crippen LogP contribution < -0.4 is 14.4 Å². The van der Waals surface area contributed by atoms with Crippen LogP contribution in [-0.4, -0.2) is 31.0 Å². The highest BCUT2D eigenvalue weighted by Gasteiger charge is 2.47. The van der Waals surface area contributed by atoms with Crippen molar-refractivity contribution in [2.24, 2.45) is 0 Å². The summed E-state index contributed by atoms with van der Waals surface area (Å²) in [6, 6.07) is 15.5. The highest BCUT2D eigenvalue weighted by molar-refractivity contribution is 6.51. The molecule has 3 aromatic rings. The normalized spacial score (nSPS) is 17.5. The maximum Gasteiger partial charge on any atom is 0.416 e. The predicted octanol–water partition coefficient (Wildman–Crippen LogP) is 5.35. The number of nitrogens with zero attached hydrogens (tertiary/aromatic N) is 1. The minimum atomic E-state index is -4.65. The first-order chi connectivity index (χ1) is 16.7. The minimum absolute atomic E-state index is 0.128. The highest BCUT2D eigenvalue weighted by atomic mass is 19.4. The number of aliphatic hydroxyl groups is 1. The van der Waals surface area contributed by atoms with Crippen molar-refractivity contribution in [2.45, 2.75) is 12.2 Å². The third-order valence-electron chi connectivity index (χ3n) is 5.69. The quantitative estimate of drug-likeness (QED) is 0.301. The number of methoxy groups -OCH3 is 2. The zero-order valence-corrected chi connectivity index (χ0v) is 18.7. The van der Waals surface area contributed by atoms with E-state index in [1.165, 1.54) is 32.4 Å². The van der Waals surface area contributed by atoms with E-state index in [1.54, 1.807) is 36.4 Å². The van der Waals surface area contributed by atoms with Gasteiger partial charge in [0.2, 0.25) is 0 Å². The van der Waals surface area contributed by atoms with E-state index >= 15 is 0 Å². The summed E-state index contributed by atoms with van der Waals surface area (Å²) in [5.74, 6) is -1.52. The fourth-order valence-electron chi connectivity index (χ4n) is 3.94. The maximum absolute atomic E-state index is 13.4. The molecule has 0 aliphatic carbocycles. The van der Waals surface area contributed by atoms with Crippen LogP contribution in [0.15, 0.2) is 78.4 Å². The molecule has 1 unspecified atom stereocenters. The molecule has 1 heterocycles. The number of alkyl halides is 3. The number of rotatable bonds is 5. The van der Waals surface area contributed by atoms with Crippen LogP contribution in [0.5, 0.6) is 11.5 Å². The number of amides is 1. The van der Waals surface area contributed by atoms with Crippen molar-refractivity contribution in [3.05, 3.63) is 95.1 Å². The Morgan fingerprint density at radius 2 is 1.46 bits per heavy atom. The van der Waals surface area contributed by atoms with Gasteiger partial charge in [-0.3, -0.25) is 14.5 Å². The largest absolute Gasteiger partial charge is 0.507 e. The molecule has 1 atom stereocenters. The number of ether oxygens (including phenoxy) is 2. The summed E-state index contributed by atoms with van der Waals surface area (Å²) in [5.41, 5.74) is -0.705. The summed E-state index contributed by atoms with van der Waals surface area (Å²) in [7, 11) is 2.94. The number of hydrogen-bond acceptors (Lipinski definition) is 5. The van der Waals surface area contributed by atoms with Gasteiger partial charge in [-0.05, 0) is 60.2 Å². The Morgan fingerprint density at radius 1 is 0.886 bits per heavy atom.